The quantitative estimate of drug-likeness (QED) is 0.0109. The fourth-order valence-electron chi connectivity index (χ4n) is 11.4. The average Bonchev–Trinajstić information content (AvgIpc) is 1.73. The molecule has 0 radical (unpaired) electrons. The Morgan fingerprint density at radius 2 is 1.07 bits per heavy atom. The largest absolute Gasteiger partial charge is 0.508 e. The number of amides is 12. The number of hydrogen-bond donors (Lipinski definition) is 22. The zero-order chi connectivity index (χ0) is 81.2. The van der Waals surface area contributed by atoms with Crippen LogP contribution in [0.15, 0.2) is 72.1 Å². The molecule has 0 saturated carbocycles. The number of carboxylic acids is 2. The molecule has 12 amide bonds. The number of aromatic amines is 1. The van der Waals surface area contributed by atoms with Crippen LogP contribution >= 0.6 is 12.6 Å². The van der Waals surface area contributed by atoms with Gasteiger partial charge in [0.05, 0.1) is 32.0 Å². The normalized spacial score (nSPS) is 16.2. The number of carbonyl (C=O) groups excluding carboxylic acids is 12. The fraction of sp³-hybridized carbons (Fsp3) is 0.571. The van der Waals surface area contributed by atoms with Gasteiger partial charge >= 0.3 is 11.9 Å². The minimum atomic E-state index is -1.95. The first-order chi connectivity index (χ1) is 51.7. The second-order valence-electron chi connectivity index (χ2n) is 27.2. The molecule has 0 spiro atoms. The van der Waals surface area contributed by atoms with E-state index in [1.165, 1.54) is 41.7 Å². The summed E-state index contributed by atoms with van der Waals surface area (Å²) in [5.74, 6) is -16.8. The van der Waals surface area contributed by atoms with Gasteiger partial charge in [0, 0.05) is 50.0 Å². The molecule has 14 atom stereocenters. The molecule has 4 rings (SSSR count). The van der Waals surface area contributed by atoms with Gasteiger partial charge in [-0.15, -0.1) is 0 Å². The molecule has 0 aliphatic carbocycles. The highest BCUT2D eigenvalue weighted by Crippen LogP contribution is 2.22. The molecule has 25 N–H and O–H groups in total. The Kier molecular flexibility index (Phi) is 38.3. The van der Waals surface area contributed by atoms with E-state index in [-0.39, 0.29) is 107 Å². The van der Waals surface area contributed by atoms with E-state index in [2.05, 4.69) is 86.1 Å². The molecule has 1 aliphatic heterocycles. The number of carboxylic acid groups (broad SMARTS) is 2. The molecule has 3 aromatic rings. The molecule has 2 heterocycles. The Hall–Kier alpha value is -10.5. The highest BCUT2D eigenvalue weighted by Gasteiger charge is 2.42. The summed E-state index contributed by atoms with van der Waals surface area (Å²) in [6.07, 6.45) is 1.70. The number of thiol groups is 1. The summed E-state index contributed by atoms with van der Waals surface area (Å²) >= 11 is 4.20. The molecule has 38 nitrogen and oxygen atoms in total. The number of nitrogens with zero attached hydrogens (tertiary/aromatic N) is 3. The van der Waals surface area contributed by atoms with Gasteiger partial charge in [0.1, 0.15) is 78.3 Å². The molecule has 1 saturated heterocycles. The Bertz CT molecular complexity index is 3570. The van der Waals surface area contributed by atoms with E-state index in [1.807, 2.05) is 0 Å². The summed E-state index contributed by atoms with van der Waals surface area (Å²) < 4.78 is 0. The number of likely N-dealkylation sites (tertiary alicyclic amines) is 1. The average molecular weight is 1550 g/mol. The molecule has 1 unspecified atom stereocenters. The van der Waals surface area contributed by atoms with Crippen molar-refractivity contribution in [2.24, 2.45) is 45.7 Å². The van der Waals surface area contributed by atoms with Crippen molar-refractivity contribution < 1.29 is 92.7 Å². The SMILES string of the molecule is CC[C@H](C)C(NC(=O)[C@@H]1CCCN1C(=O)[C@H](Cc1ccccc1)NC(=O)[C@H](CO)NC(=O)[C@H](CCCCN)NC(=O)[C@H](CC(=O)O)NC(=O)[C@H](Cc1ccc(O)cc1)NC(=O)[C@H](CS)NC(=O)[C@@H](N)C(C)C)C(=O)N[C@@H](CO)C(=O)N[C@@H](Cc1cnc[nH]1)C(=O)N[C@H](C(=O)N[C@@H](CCCN=C(N)N)C(=O)O)C(C)C. The van der Waals surface area contributed by atoms with Crippen LogP contribution in [0, 0.1) is 17.8 Å². The van der Waals surface area contributed by atoms with Crippen molar-refractivity contribution in [3.05, 3.63) is 83.9 Å². The highest BCUT2D eigenvalue weighted by molar-refractivity contribution is 7.80. The third-order valence-corrected chi connectivity index (χ3v) is 18.4. The Balaban J connectivity index is 1.55. The number of phenolic OH excluding ortho intramolecular Hbond substituents is 1. The summed E-state index contributed by atoms with van der Waals surface area (Å²) in [7, 11) is 0. The lowest BCUT2D eigenvalue weighted by atomic mass is 9.97. The number of imidazole rings is 1. The predicted molar refractivity (Wildman–Crippen MR) is 398 cm³/mol. The number of phenols is 1. The lowest BCUT2D eigenvalue weighted by Gasteiger charge is -2.32. The third-order valence-electron chi connectivity index (χ3n) is 18.0. The van der Waals surface area contributed by atoms with Crippen LogP contribution in [0.5, 0.6) is 5.75 Å². The summed E-state index contributed by atoms with van der Waals surface area (Å²) in [5.41, 5.74) is 23.7. The van der Waals surface area contributed by atoms with Gasteiger partial charge < -0.3 is 117 Å². The van der Waals surface area contributed by atoms with E-state index in [9.17, 15) is 92.7 Å². The maximum Gasteiger partial charge on any atom is 0.326 e. The topological polar surface area (TPSA) is 621 Å². The summed E-state index contributed by atoms with van der Waals surface area (Å²) in [6.45, 7) is 7.86. The Morgan fingerprint density at radius 1 is 0.578 bits per heavy atom. The van der Waals surface area contributed by atoms with Crippen LogP contribution in [-0.4, -0.2) is 246 Å². The Labute approximate surface area is 635 Å². The number of aromatic hydroxyl groups is 1. The van der Waals surface area contributed by atoms with Crippen LogP contribution in [0.25, 0.3) is 0 Å². The molecule has 1 fully saturated rings. The van der Waals surface area contributed by atoms with Crippen molar-refractivity contribution in [2.45, 2.75) is 197 Å². The number of aliphatic hydroxyl groups excluding tert-OH is 2. The number of rotatable bonds is 47. The first-order valence-electron chi connectivity index (χ1n) is 35.9. The number of nitrogens with one attached hydrogen (secondary N) is 12. The van der Waals surface area contributed by atoms with Crippen LogP contribution in [0.4, 0.5) is 0 Å². The van der Waals surface area contributed by atoms with Gasteiger partial charge in [-0.2, -0.15) is 12.6 Å². The van der Waals surface area contributed by atoms with Crippen LogP contribution < -0.4 is 81.4 Å². The predicted octanol–water partition coefficient (Wildman–Crippen LogP) is -5.19. The highest BCUT2D eigenvalue weighted by atomic mass is 32.1. The van der Waals surface area contributed by atoms with Gasteiger partial charge in [0.25, 0.3) is 0 Å². The minimum Gasteiger partial charge on any atom is -0.508 e. The van der Waals surface area contributed by atoms with Crippen LogP contribution in [0.1, 0.15) is 116 Å². The minimum absolute atomic E-state index is 0.0444. The standard InChI is InChI=1S/C70H107N19O19S/c1-7-38(6)56(67(105)85-50(33-91)61(99)81-46(29-41-31-75-35-77-41)60(98)87-55(37(4)5)66(104)79-44(69(107)108)18-13-25-76-70(73)74)88-64(102)52-19-14-26-89(52)68(106)48(28-39-15-9-8-10-16-39)83-62(100)49(32-90)84-57(95)43(17-11-12-24-71)78-59(97)47(30-53(93)94)82-58(96)45(27-40-20-22-42(92)23-21-40)80-63(101)51(34-109)86-65(103)54(72)36(2)3/h8-10,15-16,20-23,31,35-38,43-52,54-56,90-92,109H,7,11-14,17-19,24-30,32-34,71-72H2,1-6H3,(H,75,77)(H,78,97)(H,79,104)(H,80,101)(H,81,99)(H,82,96)(H,83,100)(H,84,95)(H,85,105)(H,86,103)(H,87,98)(H,88,102)(H,93,94)(H,107,108)(H4,73,74,76)/t38-,43-,44-,45-,46-,47-,48-,49-,50-,51-,52-,54-,55-,56?/m0/s1. The van der Waals surface area contributed by atoms with E-state index < -0.39 is 193 Å². The van der Waals surface area contributed by atoms with Gasteiger partial charge in [0.15, 0.2) is 5.96 Å². The van der Waals surface area contributed by atoms with Crippen molar-refractivity contribution in [3.8, 4) is 5.75 Å². The van der Waals surface area contributed by atoms with Crippen LogP contribution in [0.2, 0.25) is 0 Å². The van der Waals surface area contributed by atoms with E-state index in [0.29, 0.717) is 23.2 Å². The number of aliphatic hydroxyl groups is 2. The zero-order valence-corrected chi connectivity index (χ0v) is 62.8. The third kappa shape index (κ3) is 29.9. The first-order valence-corrected chi connectivity index (χ1v) is 36.5. The number of aromatic nitrogens is 2. The van der Waals surface area contributed by atoms with Crippen molar-refractivity contribution in [3.63, 3.8) is 0 Å². The second-order valence-corrected chi connectivity index (χ2v) is 27.5. The monoisotopic (exact) mass is 1550 g/mol. The van der Waals surface area contributed by atoms with Crippen molar-refractivity contribution >= 4 is 101 Å². The second kappa shape index (κ2) is 46.0. The van der Waals surface area contributed by atoms with E-state index in [1.54, 1.807) is 71.9 Å². The zero-order valence-electron chi connectivity index (χ0n) is 61.9. The van der Waals surface area contributed by atoms with Gasteiger partial charge in [-0.05, 0) is 92.5 Å². The van der Waals surface area contributed by atoms with Gasteiger partial charge in [-0.1, -0.05) is 90.4 Å². The van der Waals surface area contributed by atoms with E-state index >= 15 is 0 Å². The smallest absolute Gasteiger partial charge is 0.326 e. The number of carbonyl (C=O) groups is 14. The van der Waals surface area contributed by atoms with Gasteiger partial charge in [-0.25, -0.2) is 9.78 Å². The maximum absolute atomic E-state index is 15.0. The summed E-state index contributed by atoms with van der Waals surface area (Å²) in [6, 6.07) is -5.87. The molecular formula is C70H107N19O19S. The van der Waals surface area contributed by atoms with E-state index in [0.717, 1.165) is 0 Å². The molecule has 602 valence electrons. The number of guanidine groups is 1. The molecule has 2 aromatic carbocycles. The number of aliphatic carboxylic acids is 2. The summed E-state index contributed by atoms with van der Waals surface area (Å²) in [4.78, 5) is 206. The van der Waals surface area contributed by atoms with Gasteiger partial charge in [0.2, 0.25) is 70.9 Å². The number of benzene rings is 2. The molecule has 1 aliphatic rings. The molecule has 0 bridgehead atoms. The number of aliphatic imine (C=N–C) groups is 1. The van der Waals surface area contributed by atoms with Gasteiger partial charge in [-0.3, -0.25) is 67.3 Å². The first kappa shape index (κ1) is 90.9. The van der Waals surface area contributed by atoms with E-state index in [4.69, 9.17) is 22.9 Å². The number of hydrogen-bond acceptors (Lipinski definition) is 22. The lowest BCUT2D eigenvalue weighted by Crippen LogP contribution is -2.62. The fourth-order valence-corrected chi connectivity index (χ4v) is 11.7. The number of H-pyrrole nitrogens is 1. The van der Waals surface area contributed by atoms with Crippen LogP contribution in [-0.2, 0) is 86.4 Å². The number of nitrogens with two attached hydrogens (primary N) is 4. The molecule has 1 aromatic heterocycles. The lowest BCUT2D eigenvalue weighted by molar-refractivity contribution is -0.143. The molecular weight excluding hydrogens is 1440 g/mol. The summed E-state index contributed by atoms with van der Waals surface area (Å²) in [5, 5.41) is 78.6. The molecule has 39 heteroatoms. The number of unbranched alkanes of at least 4 members (excludes halogenated alkanes) is 1. The van der Waals surface area contributed by atoms with Crippen LogP contribution in [0.3, 0.4) is 0 Å². The molecule has 109 heavy (non-hydrogen) atoms. The Morgan fingerprint density at radius 3 is 1.62 bits per heavy atom. The van der Waals surface area contributed by atoms with Crippen molar-refractivity contribution in [2.75, 3.05) is 38.6 Å². The van der Waals surface area contributed by atoms with Crippen molar-refractivity contribution in [1.29, 1.82) is 0 Å². The maximum atomic E-state index is 15.0. The van der Waals surface area contributed by atoms with Crippen molar-refractivity contribution in [1.82, 2.24) is 73.4 Å².